The fraction of sp³-hybridized carbons (Fsp3) is 0.130. The van der Waals surface area contributed by atoms with Crippen molar-refractivity contribution in [1.82, 2.24) is 0 Å². The number of hydrazone groups is 2. The van der Waals surface area contributed by atoms with Gasteiger partial charge in [-0.25, -0.2) is 9.59 Å². The Morgan fingerprint density at radius 3 is 1.22 bits per heavy atom. The number of carbonyl (C=O) groups is 2. The Morgan fingerprint density at radius 1 is 0.436 bits per heavy atom. The Morgan fingerprint density at radius 2 is 0.800 bits per heavy atom. The van der Waals surface area contributed by atoms with Crippen LogP contribution in [0.5, 0.6) is 0 Å². The van der Waals surface area contributed by atoms with E-state index >= 15 is 0 Å². The van der Waals surface area contributed by atoms with Gasteiger partial charge < -0.3 is 14.2 Å². The topological polar surface area (TPSA) is 93.0 Å². The normalized spacial score (nSPS) is 13.5. The number of rotatable bonds is 12. The van der Waals surface area contributed by atoms with Crippen LogP contribution in [0.1, 0.15) is 43.0 Å². The molecule has 8 rings (SSSR count). The van der Waals surface area contributed by atoms with Crippen LogP contribution >= 0.6 is 0 Å². The second-order valence-corrected chi connectivity index (χ2v) is 13.0. The van der Waals surface area contributed by atoms with Gasteiger partial charge in [0.2, 0.25) is 0 Å². The molecule has 0 saturated heterocycles. The van der Waals surface area contributed by atoms with E-state index < -0.39 is 11.9 Å². The highest BCUT2D eigenvalue weighted by molar-refractivity contribution is 6.27. The number of carbonyl (C=O) groups excluding carboxylic acids is 2. The Bertz CT molecular complexity index is 2270. The quantitative estimate of drug-likeness (QED) is 0.0709. The smallest absolute Gasteiger partial charge is 0.338 e. The number of ether oxygens (including phenoxy) is 3. The van der Waals surface area contributed by atoms with Crippen LogP contribution in [0.2, 0.25) is 0 Å². The van der Waals surface area contributed by atoms with Crippen LogP contribution in [-0.4, -0.2) is 63.9 Å². The molecular weight excluding hydrogens is 689 g/mol. The van der Waals surface area contributed by atoms with Gasteiger partial charge in [0.1, 0.15) is 13.2 Å². The van der Waals surface area contributed by atoms with Gasteiger partial charge in [0.15, 0.2) is 0 Å². The molecular formula is C46H38N4O5. The molecule has 2 aliphatic rings. The fourth-order valence-electron chi connectivity index (χ4n) is 7.09. The van der Waals surface area contributed by atoms with Gasteiger partial charge >= 0.3 is 11.9 Å². The summed E-state index contributed by atoms with van der Waals surface area (Å²) >= 11 is 0. The summed E-state index contributed by atoms with van der Waals surface area (Å²) in [6.45, 7) is 0.370. The van der Waals surface area contributed by atoms with Crippen LogP contribution in [-0.2, 0) is 14.2 Å². The van der Waals surface area contributed by atoms with E-state index in [1.54, 1.807) is 12.1 Å². The van der Waals surface area contributed by atoms with Gasteiger partial charge in [0.05, 0.1) is 47.1 Å². The van der Waals surface area contributed by atoms with E-state index in [4.69, 9.17) is 24.4 Å². The van der Waals surface area contributed by atoms with Gasteiger partial charge in [-0.1, -0.05) is 109 Å². The van der Waals surface area contributed by atoms with Crippen LogP contribution in [0.3, 0.4) is 0 Å². The van der Waals surface area contributed by atoms with E-state index in [0.29, 0.717) is 11.1 Å². The molecule has 0 spiro atoms. The maximum Gasteiger partial charge on any atom is 0.338 e. The number of hydrogen-bond acceptors (Lipinski definition) is 9. The molecule has 9 heteroatoms. The first-order valence-electron chi connectivity index (χ1n) is 18.1. The number of anilines is 2. The van der Waals surface area contributed by atoms with Crippen molar-refractivity contribution in [3.8, 4) is 22.3 Å². The Labute approximate surface area is 319 Å². The molecule has 6 aromatic carbocycles. The third kappa shape index (κ3) is 7.01. The number of benzene rings is 6. The molecule has 0 saturated carbocycles. The van der Waals surface area contributed by atoms with Crippen molar-refractivity contribution in [3.05, 3.63) is 179 Å². The molecule has 0 bridgehead atoms. The Hall–Kier alpha value is -6.84. The third-order valence-electron chi connectivity index (χ3n) is 9.66. The van der Waals surface area contributed by atoms with Crippen molar-refractivity contribution in [2.75, 3.05) is 50.5 Å². The first kappa shape index (κ1) is 35.2. The van der Waals surface area contributed by atoms with Gasteiger partial charge in [-0.05, 0) is 47.5 Å². The van der Waals surface area contributed by atoms with Crippen LogP contribution < -0.4 is 10.0 Å². The van der Waals surface area contributed by atoms with Gasteiger partial charge in [0, 0.05) is 47.5 Å². The predicted octanol–water partition coefficient (Wildman–Crippen LogP) is 8.46. The molecule has 9 nitrogen and oxygen atoms in total. The number of nitrogens with zero attached hydrogens (tertiary/aromatic N) is 4. The second kappa shape index (κ2) is 15.6. The number of esters is 2. The first-order chi connectivity index (χ1) is 27.0. The molecule has 2 aliphatic carbocycles. The summed E-state index contributed by atoms with van der Waals surface area (Å²) in [6.07, 6.45) is 0. The number of para-hydroxylation sites is 2. The highest BCUT2D eigenvalue weighted by Crippen LogP contribution is 2.41. The van der Waals surface area contributed by atoms with Crippen LogP contribution in [0, 0.1) is 0 Å². The first-order valence-corrected chi connectivity index (χ1v) is 18.1. The highest BCUT2D eigenvalue weighted by atomic mass is 16.6. The second-order valence-electron chi connectivity index (χ2n) is 13.0. The largest absolute Gasteiger partial charge is 0.460 e. The molecule has 272 valence electrons. The van der Waals surface area contributed by atoms with Gasteiger partial charge in [0.25, 0.3) is 0 Å². The Kier molecular flexibility index (Phi) is 10.0. The summed E-state index contributed by atoms with van der Waals surface area (Å²) in [5, 5.41) is 13.6. The zero-order valence-electron chi connectivity index (χ0n) is 30.5. The maximum absolute atomic E-state index is 13.4. The molecule has 0 aliphatic heterocycles. The summed E-state index contributed by atoms with van der Waals surface area (Å²) in [7, 11) is 3.82. The van der Waals surface area contributed by atoms with Crippen molar-refractivity contribution in [3.63, 3.8) is 0 Å². The zero-order valence-corrected chi connectivity index (χ0v) is 30.5. The van der Waals surface area contributed by atoms with Crippen molar-refractivity contribution >= 4 is 34.7 Å². The van der Waals surface area contributed by atoms with E-state index in [0.717, 1.165) is 67.3 Å². The lowest BCUT2D eigenvalue weighted by molar-refractivity contribution is 0.0152. The maximum atomic E-state index is 13.4. The van der Waals surface area contributed by atoms with Gasteiger partial charge in [-0.2, -0.15) is 10.2 Å². The van der Waals surface area contributed by atoms with E-state index in [2.05, 4.69) is 0 Å². The molecule has 0 aromatic heterocycles. The monoisotopic (exact) mass is 726 g/mol. The molecule has 0 N–H and O–H groups in total. The fourth-order valence-corrected chi connectivity index (χ4v) is 7.09. The predicted molar refractivity (Wildman–Crippen MR) is 216 cm³/mol. The summed E-state index contributed by atoms with van der Waals surface area (Å²) in [4.78, 5) is 26.9. The van der Waals surface area contributed by atoms with Crippen LogP contribution in [0.15, 0.2) is 156 Å². The minimum absolute atomic E-state index is 0.0400. The van der Waals surface area contributed by atoms with Crippen molar-refractivity contribution < 1.29 is 23.8 Å². The lowest BCUT2D eigenvalue weighted by Crippen LogP contribution is -2.16. The average molecular weight is 727 g/mol. The Balaban J connectivity index is 0.882. The SMILES string of the molecule is CN(N=C1c2ccccc2-c2c(C(=O)OCCOCCOC(=O)c3cccc4c3-c3ccccc3C4=NN(C)c3ccccc3)cccc21)c1ccccc1. The summed E-state index contributed by atoms with van der Waals surface area (Å²) in [6, 6.07) is 46.9. The molecule has 6 aromatic rings. The van der Waals surface area contributed by atoms with Gasteiger partial charge in [-0.3, -0.25) is 10.0 Å². The number of fused-ring (bicyclic) bond motifs is 6. The molecule has 0 radical (unpaired) electrons. The average Bonchev–Trinajstić information content (AvgIpc) is 3.73. The lowest BCUT2D eigenvalue weighted by atomic mass is 9.99. The molecule has 0 fully saturated rings. The molecule has 0 heterocycles. The molecule has 0 unspecified atom stereocenters. The molecule has 55 heavy (non-hydrogen) atoms. The van der Waals surface area contributed by atoms with Crippen molar-refractivity contribution in [2.45, 2.75) is 0 Å². The van der Waals surface area contributed by atoms with E-state index in [9.17, 15) is 9.59 Å². The number of hydrogen-bond donors (Lipinski definition) is 0. The lowest BCUT2D eigenvalue weighted by Gasteiger charge is -2.15. The third-order valence-corrected chi connectivity index (χ3v) is 9.66. The summed E-state index contributed by atoms with van der Waals surface area (Å²) in [5.41, 5.74) is 11.5. The highest BCUT2D eigenvalue weighted by Gasteiger charge is 2.31. The molecule has 0 atom stereocenters. The van der Waals surface area contributed by atoms with Crippen LogP contribution in [0.4, 0.5) is 11.4 Å². The minimum Gasteiger partial charge on any atom is -0.460 e. The minimum atomic E-state index is -0.449. The van der Waals surface area contributed by atoms with E-state index in [1.807, 2.05) is 158 Å². The van der Waals surface area contributed by atoms with E-state index in [1.165, 1.54) is 0 Å². The van der Waals surface area contributed by atoms with Crippen LogP contribution in [0.25, 0.3) is 22.3 Å². The van der Waals surface area contributed by atoms with Gasteiger partial charge in [-0.15, -0.1) is 0 Å². The summed E-state index contributed by atoms with van der Waals surface area (Å²) in [5.74, 6) is -0.897. The summed E-state index contributed by atoms with van der Waals surface area (Å²) < 4.78 is 17.0. The zero-order chi connectivity index (χ0) is 37.7. The van der Waals surface area contributed by atoms with Crippen molar-refractivity contribution in [1.29, 1.82) is 0 Å². The molecule has 0 amide bonds. The van der Waals surface area contributed by atoms with Crippen molar-refractivity contribution in [2.24, 2.45) is 10.2 Å². The standard InChI is InChI=1S/C46H38N4O5/c1-49(31-15-5-3-6-16-31)47-43-35-21-11-9-19-33(35)41-37(43)23-13-25-39(41)45(51)54-29-27-53-28-30-55-46(52)40-26-14-24-38-42(40)34-20-10-12-22-36(34)44(38)48-50(2)32-17-7-4-8-18-32/h3-26H,27-30H2,1-2H3. The van der Waals surface area contributed by atoms with E-state index in [-0.39, 0.29) is 26.4 Å².